The normalized spacial score (nSPS) is 16.5. The third kappa shape index (κ3) is 5.91. The van der Waals surface area contributed by atoms with E-state index in [0.29, 0.717) is 5.41 Å². The van der Waals surface area contributed by atoms with E-state index >= 15 is 0 Å². The van der Waals surface area contributed by atoms with Gasteiger partial charge in [0.2, 0.25) is 5.91 Å². The van der Waals surface area contributed by atoms with Gasteiger partial charge in [-0.2, -0.15) is 0 Å². The summed E-state index contributed by atoms with van der Waals surface area (Å²) in [5.41, 5.74) is 2.16. The molecule has 0 saturated carbocycles. The van der Waals surface area contributed by atoms with Crippen molar-refractivity contribution in [3.63, 3.8) is 0 Å². The molecule has 0 atom stereocenters. The molecule has 0 aliphatic carbocycles. The molecule has 134 valence electrons. The van der Waals surface area contributed by atoms with E-state index in [0.717, 1.165) is 41.2 Å². The zero-order valence-corrected chi connectivity index (χ0v) is 18.6. The fraction of sp³-hybridized carbons (Fsp3) is 0.529. The number of halogens is 2. The molecule has 1 amide bonds. The second-order valence-corrected chi connectivity index (χ2v) is 7.66. The first-order valence-electron chi connectivity index (χ1n) is 7.82. The standard InChI is InChI=1S/C17H25BrN4O.HI/c1-12-5-6-13(18)9-14(12)21-15(23)10-20-16(19-4)22-8-7-17(2,3)11-22;/h5-6,9H,7-8,10-11H2,1-4H3,(H,19,20)(H,21,23);1H. The molecule has 1 aromatic rings. The van der Waals surface area contributed by atoms with Crippen LogP contribution in [-0.2, 0) is 4.79 Å². The minimum absolute atomic E-state index is 0. The molecule has 1 saturated heterocycles. The van der Waals surface area contributed by atoms with E-state index in [1.54, 1.807) is 7.05 Å². The average Bonchev–Trinajstić information content (AvgIpc) is 2.84. The molecule has 2 rings (SSSR count). The van der Waals surface area contributed by atoms with Crippen molar-refractivity contribution in [3.8, 4) is 0 Å². The number of carbonyl (C=O) groups excluding carboxylic acids is 1. The molecule has 24 heavy (non-hydrogen) atoms. The van der Waals surface area contributed by atoms with Crippen LogP contribution in [0.3, 0.4) is 0 Å². The van der Waals surface area contributed by atoms with Gasteiger partial charge in [0.1, 0.15) is 0 Å². The second kappa shape index (κ2) is 9.03. The highest BCUT2D eigenvalue weighted by Gasteiger charge is 2.30. The minimum atomic E-state index is -0.0780. The zero-order valence-electron chi connectivity index (χ0n) is 14.6. The Hall–Kier alpha value is -0.830. The molecular formula is C17H26BrIN4O. The van der Waals surface area contributed by atoms with Gasteiger partial charge in [-0.3, -0.25) is 9.79 Å². The lowest BCUT2D eigenvalue weighted by Gasteiger charge is -2.23. The maximum Gasteiger partial charge on any atom is 0.243 e. The molecule has 1 aromatic carbocycles. The number of nitrogens with one attached hydrogen (secondary N) is 2. The molecular weight excluding hydrogens is 483 g/mol. The van der Waals surface area contributed by atoms with E-state index in [-0.39, 0.29) is 36.4 Å². The van der Waals surface area contributed by atoms with Crippen molar-refractivity contribution in [2.24, 2.45) is 10.4 Å². The van der Waals surface area contributed by atoms with Crippen molar-refractivity contribution >= 4 is 57.5 Å². The monoisotopic (exact) mass is 508 g/mol. The van der Waals surface area contributed by atoms with Gasteiger partial charge in [0.15, 0.2) is 5.96 Å². The van der Waals surface area contributed by atoms with Gasteiger partial charge in [-0.05, 0) is 36.5 Å². The van der Waals surface area contributed by atoms with Crippen molar-refractivity contribution in [3.05, 3.63) is 28.2 Å². The van der Waals surface area contributed by atoms with Crippen molar-refractivity contribution in [2.45, 2.75) is 27.2 Å². The minimum Gasteiger partial charge on any atom is -0.347 e. The van der Waals surface area contributed by atoms with Gasteiger partial charge in [-0.1, -0.05) is 35.8 Å². The number of nitrogens with zero attached hydrogens (tertiary/aromatic N) is 2. The first-order valence-corrected chi connectivity index (χ1v) is 8.62. The summed E-state index contributed by atoms with van der Waals surface area (Å²) >= 11 is 3.42. The SMILES string of the molecule is CN=C(NCC(=O)Nc1cc(Br)ccc1C)N1CCC(C)(C)C1.I. The zero-order chi connectivity index (χ0) is 17.0. The molecule has 1 aliphatic rings. The number of hydrogen-bond acceptors (Lipinski definition) is 2. The number of benzene rings is 1. The first kappa shape index (κ1) is 21.2. The highest BCUT2D eigenvalue weighted by atomic mass is 127. The number of aliphatic imine (C=N–C) groups is 1. The number of guanidine groups is 1. The first-order chi connectivity index (χ1) is 10.8. The largest absolute Gasteiger partial charge is 0.347 e. The predicted octanol–water partition coefficient (Wildman–Crippen LogP) is 3.62. The number of carbonyl (C=O) groups is 1. The molecule has 0 radical (unpaired) electrons. The highest BCUT2D eigenvalue weighted by molar-refractivity contribution is 14.0. The lowest BCUT2D eigenvalue weighted by molar-refractivity contribution is -0.115. The lowest BCUT2D eigenvalue weighted by Crippen LogP contribution is -2.43. The van der Waals surface area contributed by atoms with Crippen LogP contribution in [0.4, 0.5) is 5.69 Å². The lowest BCUT2D eigenvalue weighted by atomic mass is 9.93. The van der Waals surface area contributed by atoms with Gasteiger partial charge >= 0.3 is 0 Å². The maximum absolute atomic E-state index is 12.2. The Balaban J connectivity index is 0.00000288. The summed E-state index contributed by atoms with van der Waals surface area (Å²) in [6, 6.07) is 5.84. The Kier molecular flexibility index (Phi) is 7.98. The van der Waals surface area contributed by atoms with E-state index in [9.17, 15) is 4.79 Å². The van der Waals surface area contributed by atoms with Gasteiger partial charge in [0, 0.05) is 30.3 Å². The van der Waals surface area contributed by atoms with Crippen LogP contribution in [0.25, 0.3) is 0 Å². The van der Waals surface area contributed by atoms with Crippen molar-refractivity contribution in [1.29, 1.82) is 0 Å². The van der Waals surface area contributed by atoms with Crippen LogP contribution < -0.4 is 10.6 Å². The number of anilines is 1. The van der Waals surface area contributed by atoms with Crippen molar-refractivity contribution < 1.29 is 4.79 Å². The Morgan fingerprint density at radius 3 is 2.71 bits per heavy atom. The quantitative estimate of drug-likeness (QED) is 0.372. The predicted molar refractivity (Wildman–Crippen MR) is 114 cm³/mol. The topological polar surface area (TPSA) is 56.7 Å². The third-order valence-electron chi connectivity index (χ3n) is 4.07. The van der Waals surface area contributed by atoms with Crippen molar-refractivity contribution in [1.82, 2.24) is 10.2 Å². The number of aryl methyl sites for hydroxylation is 1. The third-order valence-corrected chi connectivity index (χ3v) is 4.56. The Bertz CT molecular complexity index is 619. The van der Waals surface area contributed by atoms with Crippen LogP contribution in [0.15, 0.2) is 27.7 Å². The summed E-state index contributed by atoms with van der Waals surface area (Å²) in [5, 5.41) is 6.09. The van der Waals surface area contributed by atoms with E-state index in [1.165, 1.54) is 0 Å². The van der Waals surface area contributed by atoms with Crippen LogP contribution in [0, 0.1) is 12.3 Å². The highest BCUT2D eigenvalue weighted by Crippen LogP contribution is 2.28. The van der Waals surface area contributed by atoms with Gasteiger partial charge in [-0.25, -0.2) is 0 Å². The van der Waals surface area contributed by atoms with Gasteiger partial charge in [-0.15, -0.1) is 24.0 Å². The smallest absolute Gasteiger partial charge is 0.243 e. The fourth-order valence-electron chi connectivity index (χ4n) is 2.71. The molecule has 1 fully saturated rings. The Labute approximate surface area is 169 Å². The van der Waals surface area contributed by atoms with Crippen LogP contribution in [0.1, 0.15) is 25.8 Å². The Morgan fingerprint density at radius 1 is 1.42 bits per heavy atom. The van der Waals surface area contributed by atoms with E-state index in [4.69, 9.17) is 0 Å². The molecule has 0 unspecified atom stereocenters. The summed E-state index contributed by atoms with van der Waals surface area (Å²) in [7, 11) is 1.75. The maximum atomic E-state index is 12.2. The molecule has 0 aromatic heterocycles. The summed E-state index contributed by atoms with van der Waals surface area (Å²) in [4.78, 5) is 18.7. The summed E-state index contributed by atoms with van der Waals surface area (Å²) in [5.74, 6) is 0.711. The molecule has 5 nitrogen and oxygen atoms in total. The number of amides is 1. The fourth-order valence-corrected chi connectivity index (χ4v) is 3.07. The van der Waals surface area contributed by atoms with Gasteiger partial charge in [0.05, 0.1) is 6.54 Å². The molecule has 1 aliphatic heterocycles. The number of likely N-dealkylation sites (tertiary alicyclic amines) is 1. The van der Waals surface area contributed by atoms with Crippen LogP contribution in [0.2, 0.25) is 0 Å². The molecule has 0 spiro atoms. The van der Waals surface area contributed by atoms with Crippen LogP contribution in [0.5, 0.6) is 0 Å². The van der Waals surface area contributed by atoms with Crippen LogP contribution >= 0.6 is 39.9 Å². The molecule has 7 heteroatoms. The van der Waals surface area contributed by atoms with E-state index in [1.807, 2.05) is 25.1 Å². The van der Waals surface area contributed by atoms with Crippen LogP contribution in [-0.4, -0.2) is 43.4 Å². The van der Waals surface area contributed by atoms with E-state index in [2.05, 4.69) is 50.3 Å². The number of rotatable bonds is 3. The van der Waals surface area contributed by atoms with Gasteiger partial charge < -0.3 is 15.5 Å². The van der Waals surface area contributed by atoms with Gasteiger partial charge in [0.25, 0.3) is 0 Å². The summed E-state index contributed by atoms with van der Waals surface area (Å²) in [6.45, 7) is 8.61. The summed E-state index contributed by atoms with van der Waals surface area (Å²) < 4.78 is 0.946. The molecule has 1 heterocycles. The Morgan fingerprint density at radius 2 is 2.12 bits per heavy atom. The van der Waals surface area contributed by atoms with E-state index < -0.39 is 0 Å². The average molecular weight is 509 g/mol. The summed E-state index contributed by atoms with van der Waals surface area (Å²) in [6.07, 6.45) is 1.14. The molecule has 2 N–H and O–H groups in total. The second-order valence-electron chi connectivity index (χ2n) is 6.74. The number of hydrogen-bond donors (Lipinski definition) is 2. The van der Waals surface area contributed by atoms with Crippen molar-refractivity contribution in [2.75, 3.05) is 32.0 Å². The molecule has 0 bridgehead atoms.